The molecule has 3 aromatic rings. The number of hydrogen-bond donors (Lipinski definition) is 2. The molecule has 0 saturated carbocycles. The van der Waals surface area contributed by atoms with Crippen LogP contribution in [0.25, 0.3) is 11.1 Å². The largest absolute Gasteiger partial charge is 0.488 e. The lowest BCUT2D eigenvalue weighted by atomic mass is 10.0. The van der Waals surface area contributed by atoms with Gasteiger partial charge in [-0.15, -0.1) is 0 Å². The van der Waals surface area contributed by atoms with E-state index < -0.39 is 8.60 Å². The van der Waals surface area contributed by atoms with E-state index in [0.29, 0.717) is 26.1 Å². The lowest BCUT2D eigenvalue weighted by Gasteiger charge is -2.12. The number of halogens is 2. The Balaban J connectivity index is 0.000000543. The second-order valence-electron chi connectivity index (χ2n) is 7.97. The maximum Gasteiger partial charge on any atom is 0.326 e. The molecule has 0 bridgehead atoms. The highest BCUT2D eigenvalue weighted by Crippen LogP contribution is 2.31. The first-order valence-corrected chi connectivity index (χ1v) is 21.2. The molecule has 4 atom stereocenters. The van der Waals surface area contributed by atoms with Crippen molar-refractivity contribution in [1.29, 1.82) is 0 Å². The molecule has 218 valence electrons. The van der Waals surface area contributed by atoms with E-state index in [-0.39, 0.29) is 12.2 Å². The first-order valence-electron chi connectivity index (χ1n) is 12.0. The summed E-state index contributed by atoms with van der Waals surface area (Å²) in [6, 6.07) is 16.5. The molecule has 40 heavy (non-hydrogen) atoms. The molecule has 1 aliphatic heterocycles. The highest BCUT2D eigenvalue weighted by molar-refractivity contribution is 14.2. The monoisotopic (exact) mass is 832 g/mol. The summed E-state index contributed by atoms with van der Waals surface area (Å²) in [6.07, 6.45) is 4.83. The summed E-state index contributed by atoms with van der Waals surface area (Å²) >= 11 is 4.38. The highest BCUT2D eigenvalue weighted by atomic mass is 127. The molecule has 1 aliphatic rings. The molecule has 2 heterocycles. The lowest BCUT2D eigenvalue weighted by Crippen LogP contribution is -2.15. The lowest BCUT2D eigenvalue weighted by molar-refractivity contribution is 0.141. The summed E-state index contributed by atoms with van der Waals surface area (Å²) in [5, 5.41) is 0. The van der Waals surface area contributed by atoms with Gasteiger partial charge in [-0.1, -0.05) is 36.1 Å². The van der Waals surface area contributed by atoms with E-state index in [2.05, 4.69) is 106 Å². The Labute approximate surface area is 266 Å². The normalized spacial score (nSPS) is 15.3. The van der Waals surface area contributed by atoms with Gasteiger partial charge < -0.3 is 37.4 Å². The second kappa shape index (κ2) is 21.2. The molecule has 2 aromatic carbocycles. The zero-order valence-electron chi connectivity index (χ0n) is 22.3. The number of imidazole rings is 1. The fourth-order valence-corrected chi connectivity index (χ4v) is 4.81. The number of nitrogens with zero attached hydrogens (tertiary/aromatic N) is 2. The van der Waals surface area contributed by atoms with Crippen molar-refractivity contribution in [1.82, 2.24) is 9.55 Å². The van der Waals surface area contributed by atoms with E-state index in [0.717, 1.165) is 41.3 Å². The van der Waals surface area contributed by atoms with Crippen molar-refractivity contribution >= 4 is 65.6 Å². The molecule has 4 unspecified atom stereocenters. The summed E-state index contributed by atoms with van der Waals surface area (Å²) in [5.74, 6) is 8.26. The Bertz CT molecular complexity index is 1150. The maximum atomic E-state index is 7.76. The van der Waals surface area contributed by atoms with Crippen molar-refractivity contribution in [2.75, 3.05) is 27.4 Å². The zero-order chi connectivity index (χ0) is 29.2. The number of rotatable bonds is 9. The molecule has 1 saturated heterocycles. The number of hydrogen-bond acceptors (Lipinski definition) is 8. The molecule has 9 nitrogen and oxygen atoms in total. The summed E-state index contributed by atoms with van der Waals surface area (Å²) in [7, 11) is 0.815. The van der Waals surface area contributed by atoms with Crippen LogP contribution in [0.1, 0.15) is 30.8 Å². The Morgan fingerprint density at radius 3 is 2.25 bits per heavy atom. The second-order valence-corrected chi connectivity index (χ2v) is 12.4. The van der Waals surface area contributed by atoms with Crippen molar-refractivity contribution in [2.45, 2.75) is 32.1 Å². The molecule has 0 amide bonds. The van der Waals surface area contributed by atoms with Gasteiger partial charge in [-0.25, -0.2) is 4.98 Å². The maximum absolute atomic E-state index is 7.76. The molecular formula is C26H33I2N2O7P3. The van der Waals surface area contributed by atoms with Crippen LogP contribution < -0.4 is 4.74 Å². The fourth-order valence-electron chi connectivity index (χ4n) is 3.43. The van der Waals surface area contributed by atoms with E-state index in [1.165, 1.54) is 7.11 Å². The van der Waals surface area contributed by atoms with E-state index >= 15 is 0 Å². The molecule has 1 aromatic heterocycles. The van der Waals surface area contributed by atoms with Gasteiger partial charge in [-0.2, -0.15) is 0 Å². The van der Waals surface area contributed by atoms with Gasteiger partial charge in [-0.05, 0) is 86.4 Å². The molecule has 0 aliphatic carbocycles. The van der Waals surface area contributed by atoms with Crippen LogP contribution in [0, 0.1) is 11.8 Å². The summed E-state index contributed by atoms with van der Waals surface area (Å²) < 4.78 is 27.5. The molecule has 2 N–H and O–H groups in total. The molecule has 1 fully saturated rings. The van der Waals surface area contributed by atoms with E-state index in [1.807, 2.05) is 29.8 Å². The topological polar surface area (TPSA) is 104 Å². The van der Waals surface area contributed by atoms with Gasteiger partial charge in [0, 0.05) is 38.6 Å². The number of aromatic nitrogens is 2. The van der Waals surface area contributed by atoms with Crippen LogP contribution in [0.3, 0.4) is 0 Å². The standard InChI is InChI=1S/C24H24IN2O3P.CH4IOP.CH5O3P/c1-18(30-31-25)24-26-13-15-27(24)14-2-3-19-4-6-20(7-5-19)21-8-10-22(11-9-21)29-23-12-16-28-17-23;1-3-4-2;1-4-5(2)3/h4-11,13,15,18,23,31H,12,14,16-17H2,1H3;4H,1H3;2-3H,1H3. The van der Waals surface area contributed by atoms with Crippen molar-refractivity contribution in [3.05, 3.63) is 72.3 Å². The van der Waals surface area contributed by atoms with Crippen molar-refractivity contribution in [3.8, 4) is 28.7 Å². The Hall–Kier alpha value is -0.480. The van der Waals surface area contributed by atoms with Gasteiger partial charge in [0.25, 0.3) is 0 Å². The van der Waals surface area contributed by atoms with Gasteiger partial charge in [0.2, 0.25) is 0 Å². The van der Waals surface area contributed by atoms with Crippen molar-refractivity contribution < 1.29 is 32.8 Å². The van der Waals surface area contributed by atoms with Crippen LogP contribution in [0.4, 0.5) is 0 Å². The highest BCUT2D eigenvalue weighted by Gasteiger charge is 2.17. The SMILES string of the molecule is CC(OPI)c1nccn1CC#Cc1ccc(-c2ccc(OC3CCOC3)cc2)cc1.COP(O)O.COPI. The average molecular weight is 832 g/mol. The smallest absolute Gasteiger partial charge is 0.326 e. The Morgan fingerprint density at radius 2 is 1.73 bits per heavy atom. The third-order valence-corrected chi connectivity index (χ3v) is 8.33. The van der Waals surface area contributed by atoms with Gasteiger partial charge >= 0.3 is 8.60 Å². The predicted molar refractivity (Wildman–Crippen MR) is 180 cm³/mol. The number of ether oxygens (including phenoxy) is 2. The first-order chi connectivity index (χ1) is 19.4. The van der Waals surface area contributed by atoms with Crippen LogP contribution in [-0.4, -0.2) is 52.9 Å². The van der Waals surface area contributed by atoms with Gasteiger partial charge in [0.15, 0.2) is 0 Å². The minimum absolute atomic E-state index is 0.0328. The predicted octanol–water partition coefficient (Wildman–Crippen LogP) is 7.21. The molecular weight excluding hydrogens is 799 g/mol. The Kier molecular flexibility index (Phi) is 19.0. The third-order valence-electron chi connectivity index (χ3n) is 5.32. The Morgan fingerprint density at radius 1 is 1.10 bits per heavy atom. The van der Waals surface area contributed by atoms with Crippen LogP contribution in [0.5, 0.6) is 5.75 Å². The molecule has 0 spiro atoms. The van der Waals surface area contributed by atoms with Crippen LogP contribution in [0.2, 0.25) is 0 Å². The molecule has 4 rings (SSSR count). The average Bonchev–Trinajstić information content (AvgIpc) is 3.67. The first kappa shape index (κ1) is 35.7. The van der Waals surface area contributed by atoms with Crippen molar-refractivity contribution in [3.63, 3.8) is 0 Å². The summed E-state index contributed by atoms with van der Waals surface area (Å²) in [4.78, 5) is 19.9. The van der Waals surface area contributed by atoms with Crippen molar-refractivity contribution in [2.24, 2.45) is 0 Å². The van der Waals surface area contributed by atoms with E-state index in [9.17, 15) is 0 Å². The van der Waals surface area contributed by atoms with Gasteiger partial charge in [0.05, 0.1) is 32.7 Å². The van der Waals surface area contributed by atoms with Crippen LogP contribution in [-0.2, 0) is 24.9 Å². The quantitative estimate of drug-likeness (QED) is 0.133. The van der Waals surface area contributed by atoms with Gasteiger partial charge in [-0.3, -0.25) is 0 Å². The third kappa shape index (κ3) is 13.7. The zero-order valence-corrected chi connectivity index (χ0v) is 29.5. The molecule has 14 heteroatoms. The minimum Gasteiger partial charge on any atom is -0.488 e. The number of benzene rings is 2. The summed E-state index contributed by atoms with van der Waals surface area (Å²) in [5.41, 5.74) is 3.30. The van der Waals surface area contributed by atoms with E-state index in [1.54, 1.807) is 13.3 Å². The van der Waals surface area contributed by atoms with Gasteiger partial charge in [0.1, 0.15) is 23.8 Å². The minimum atomic E-state index is -2.10. The van der Waals surface area contributed by atoms with Crippen LogP contribution >= 0.6 is 65.6 Å². The molecule has 0 radical (unpaired) electrons. The summed E-state index contributed by atoms with van der Waals surface area (Å²) in [6.45, 7) is 5.08. The van der Waals surface area contributed by atoms with E-state index in [4.69, 9.17) is 23.8 Å². The van der Waals surface area contributed by atoms with Crippen LogP contribution in [0.15, 0.2) is 60.9 Å². The fraction of sp³-hybridized carbons (Fsp3) is 0.346.